The molecule has 0 aromatic heterocycles. The van der Waals surface area contributed by atoms with E-state index in [4.69, 9.17) is 10.8 Å². The number of rotatable bonds is 5. The summed E-state index contributed by atoms with van der Waals surface area (Å²) in [5.74, 6) is -1.16. The Kier molecular flexibility index (Phi) is 4.53. The SMILES string of the molecule is CCNC(=O)CN(C)c1ccc(C(=O)O)c(N)c1. The highest BCUT2D eigenvalue weighted by Crippen LogP contribution is 2.20. The number of benzene rings is 1. The Morgan fingerprint density at radius 2 is 2.11 bits per heavy atom. The zero-order chi connectivity index (χ0) is 13.7. The van der Waals surface area contributed by atoms with Gasteiger partial charge >= 0.3 is 5.97 Å². The third-order valence-corrected chi connectivity index (χ3v) is 2.46. The molecule has 6 nitrogen and oxygen atoms in total. The minimum absolute atomic E-state index is 0.0603. The number of hydrogen-bond acceptors (Lipinski definition) is 4. The van der Waals surface area contributed by atoms with Gasteiger partial charge in [0.1, 0.15) is 0 Å². The highest BCUT2D eigenvalue weighted by molar-refractivity contribution is 5.94. The number of carbonyl (C=O) groups is 2. The van der Waals surface area contributed by atoms with Crippen molar-refractivity contribution in [2.45, 2.75) is 6.92 Å². The maximum Gasteiger partial charge on any atom is 0.337 e. The van der Waals surface area contributed by atoms with E-state index >= 15 is 0 Å². The second-order valence-corrected chi connectivity index (χ2v) is 3.89. The summed E-state index contributed by atoms with van der Waals surface area (Å²) in [4.78, 5) is 23.9. The molecular weight excluding hydrogens is 234 g/mol. The molecule has 1 rings (SSSR count). The van der Waals surface area contributed by atoms with E-state index in [9.17, 15) is 9.59 Å². The first kappa shape index (κ1) is 13.8. The summed E-state index contributed by atoms with van der Waals surface area (Å²) in [5, 5.41) is 11.5. The molecule has 98 valence electrons. The van der Waals surface area contributed by atoms with Crippen LogP contribution < -0.4 is 16.0 Å². The number of likely N-dealkylation sites (N-methyl/N-ethyl adjacent to an activating group) is 2. The Balaban J connectivity index is 2.81. The molecule has 1 aromatic rings. The topological polar surface area (TPSA) is 95.7 Å². The van der Waals surface area contributed by atoms with Crippen LogP contribution in [0.3, 0.4) is 0 Å². The number of nitrogens with one attached hydrogen (secondary N) is 1. The molecule has 0 saturated carbocycles. The molecule has 0 aliphatic carbocycles. The number of carboxylic acid groups (broad SMARTS) is 1. The van der Waals surface area contributed by atoms with Crippen LogP contribution in [0.4, 0.5) is 11.4 Å². The molecule has 0 atom stereocenters. The first-order valence-electron chi connectivity index (χ1n) is 5.56. The fourth-order valence-corrected chi connectivity index (χ4v) is 1.54. The Morgan fingerprint density at radius 1 is 1.44 bits per heavy atom. The van der Waals surface area contributed by atoms with Gasteiger partial charge in [0.2, 0.25) is 5.91 Å². The Morgan fingerprint density at radius 3 is 2.61 bits per heavy atom. The summed E-state index contributed by atoms with van der Waals surface area (Å²) in [7, 11) is 1.74. The molecule has 0 bridgehead atoms. The molecule has 4 N–H and O–H groups in total. The monoisotopic (exact) mass is 251 g/mol. The number of carboxylic acids is 1. The van der Waals surface area contributed by atoms with E-state index in [1.165, 1.54) is 6.07 Å². The van der Waals surface area contributed by atoms with Crippen molar-refractivity contribution in [1.29, 1.82) is 0 Å². The molecule has 0 saturated heterocycles. The zero-order valence-corrected chi connectivity index (χ0v) is 10.4. The van der Waals surface area contributed by atoms with Gasteiger partial charge in [-0.1, -0.05) is 0 Å². The third kappa shape index (κ3) is 3.38. The predicted octanol–water partition coefficient (Wildman–Crippen LogP) is 0.539. The molecule has 0 heterocycles. The lowest BCUT2D eigenvalue weighted by atomic mass is 10.1. The van der Waals surface area contributed by atoms with Gasteiger partial charge in [-0.05, 0) is 25.1 Å². The van der Waals surface area contributed by atoms with Crippen molar-refractivity contribution >= 4 is 23.3 Å². The highest BCUT2D eigenvalue weighted by atomic mass is 16.4. The standard InChI is InChI=1S/C12H17N3O3/c1-3-14-11(16)7-15(2)8-4-5-9(12(17)18)10(13)6-8/h4-6H,3,7,13H2,1-2H3,(H,14,16)(H,17,18). The maximum absolute atomic E-state index is 11.4. The summed E-state index contributed by atoms with van der Waals surface area (Å²) < 4.78 is 0. The van der Waals surface area contributed by atoms with E-state index in [0.29, 0.717) is 12.2 Å². The van der Waals surface area contributed by atoms with Crippen LogP contribution in [0.15, 0.2) is 18.2 Å². The second kappa shape index (κ2) is 5.90. The van der Waals surface area contributed by atoms with Crippen molar-refractivity contribution in [2.24, 2.45) is 0 Å². The van der Waals surface area contributed by atoms with E-state index in [1.807, 2.05) is 6.92 Å². The van der Waals surface area contributed by atoms with Crippen molar-refractivity contribution in [3.05, 3.63) is 23.8 Å². The van der Waals surface area contributed by atoms with Crippen LogP contribution in [0.1, 0.15) is 17.3 Å². The molecule has 0 unspecified atom stereocenters. The minimum Gasteiger partial charge on any atom is -0.478 e. The molecule has 1 amide bonds. The fourth-order valence-electron chi connectivity index (χ4n) is 1.54. The van der Waals surface area contributed by atoms with Gasteiger partial charge in [0.25, 0.3) is 0 Å². The average Bonchev–Trinajstić information content (AvgIpc) is 2.28. The quantitative estimate of drug-likeness (QED) is 0.664. The van der Waals surface area contributed by atoms with Crippen LogP contribution >= 0.6 is 0 Å². The van der Waals surface area contributed by atoms with Crippen LogP contribution in [0, 0.1) is 0 Å². The Labute approximate surface area is 105 Å². The van der Waals surface area contributed by atoms with E-state index < -0.39 is 5.97 Å². The smallest absolute Gasteiger partial charge is 0.337 e. The van der Waals surface area contributed by atoms with Gasteiger partial charge in [-0.2, -0.15) is 0 Å². The largest absolute Gasteiger partial charge is 0.478 e. The lowest BCUT2D eigenvalue weighted by Gasteiger charge is -2.19. The maximum atomic E-state index is 11.4. The van der Waals surface area contributed by atoms with Crippen LogP contribution in [-0.2, 0) is 4.79 Å². The molecule has 0 spiro atoms. The number of carbonyl (C=O) groups excluding carboxylic acids is 1. The molecule has 0 aliphatic heterocycles. The Hall–Kier alpha value is -2.24. The molecule has 1 aromatic carbocycles. The first-order chi connectivity index (χ1) is 8.45. The van der Waals surface area contributed by atoms with Gasteiger partial charge in [0.05, 0.1) is 12.1 Å². The highest BCUT2D eigenvalue weighted by Gasteiger charge is 2.11. The zero-order valence-electron chi connectivity index (χ0n) is 10.4. The Bertz CT molecular complexity index is 460. The number of amides is 1. The molecule has 0 fully saturated rings. The minimum atomic E-state index is -1.06. The predicted molar refractivity (Wildman–Crippen MR) is 69.8 cm³/mol. The van der Waals surface area contributed by atoms with Gasteiger partial charge in [0, 0.05) is 25.0 Å². The van der Waals surface area contributed by atoms with E-state index in [2.05, 4.69) is 5.32 Å². The third-order valence-electron chi connectivity index (χ3n) is 2.46. The van der Waals surface area contributed by atoms with Crippen molar-refractivity contribution in [1.82, 2.24) is 5.32 Å². The summed E-state index contributed by atoms with van der Waals surface area (Å²) in [6.07, 6.45) is 0. The van der Waals surface area contributed by atoms with Gasteiger partial charge < -0.3 is 21.1 Å². The lowest BCUT2D eigenvalue weighted by molar-refractivity contribution is -0.119. The van der Waals surface area contributed by atoms with Crippen molar-refractivity contribution in [3.63, 3.8) is 0 Å². The number of anilines is 2. The first-order valence-corrected chi connectivity index (χ1v) is 5.56. The van der Waals surface area contributed by atoms with Crippen LogP contribution in [0.5, 0.6) is 0 Å². The average molecular weight is 251 g/mol. The summed E-state index contributed by atoms with van der Waals surface area (Å²) >= 11 is 0. The number of hydrogen-bond donors (Lipinski definition) is 3. The number of aromatic carboxylic acids is 1. The summed E-state index contributed by atoms with van der Waals surface area (Å²) in [5.41, 5.74) is 6.58. The molecular formula is C12H17N3O3. The fraction of sp³-hybridized carbons (Fsp3) is 0.333. The summed E-state index contributed by atoms with van der Waals surface area (Å²) in [6.45, 7) is 2.62. The van der Waals surface area contributed by atoms with E-state index in [-0.39, 0.29) is 23.7 Å². The van der Waals surface area contributed by atoms with Gasteiger partial charge in [-0.25, -0.2) is 4.79 Å². The normalized spacial score (nSPS) is 9.89. The number of nitrogens with zero attached hydrogens (tertiary/aromatic N) is 1. The van der Waals surface area contributed by atoms with Crippen molar-refractivity contribution in [2.75, 3.05) is 30.8 Å². The van der Waals surface area contributed by atoms with Crippen LogP contribution in [-0.4, -0.2) is 37.1 Å². The van der Waals surface area contributed by atoms with E-state index in [1.54, 1.807) is 24.1 Å². The van der Waals surface area contributed by atoms with Gasteiger partial charge in [-0.3, -0.25) is 4.79 Å². The van der Waals surface area contributed by atoms with Crippen LogP contribution in [0.25, 0.3) is 0 Å². The van der Waals surface area contributed by atoms with Crippen molar-refractivity contribution < 1.29 is 14.7 Å². The second-order valence-electron chi connectivity index (χ2n) is 3.89. The molecule has 18 heavy (non-hydrogen) atoms. The van der Waals surface area contributed by atoms with Gasteiger partial charge in [0.15, 0.2) is 0 Å². The molecule has 0 aliphatic rings. The van der Waals surface area contributed by atoms with Gasteiger partial charge in [-0.15, -0.1) is 0 Å². The number of nitrogen functional groups attached to an aromatic ring is 1. The molecule has 0 radical (unpaired) electrons. The van der Waals surface area contributed by atoms with Crippen LogP contribution in [0.2, 0.25) is 0 Å². The number of nitrogens with two attached hydrogens (primary N) is 1. The summed E-state index contributed by atoms with van der Waals surface area (Å²) in [6, 6.07) is 4.60. The molecule has 6 heteroatoms. The van der Waals surface area contributed by atoms with Crippen molar-refractivity contribution in [3.8, 4) is 0 Å². The lowest BCUT2D eigenvalue weighted by Crippen LogP contribution is -2.35. The van der Waals surface area contributed by atoms with E-state index in [0.717, 1.165) is 0 Å².